The van der Waals surface area contributed by atoms with E-state index in [1.807, 2.05) is 0 Å². The van der Waals surface area contributed by atoms with Crippen LogP contribution in [-0.4, -0.2) is 32.1 Å². The van der Waals surface area contributed by atoms with Crippen molar-refractivity contribution in [2.75, 3.05) is 5.75 Å². The number of nitro benzene ring substituents is 1. The van der Waals surface area contributed by atoms with Gasteiger partial charge in [0.1, 0.15) is 11.5 Å². The lowest BCUT2D eigenvalue weighted by molar-refractivity contribution is -0.384. The van der Waals surface area contributed by atoms with E-state index in [9.17, 15) is 14.9 Å². The highest BCUT2D eigenvalue weighted by Gasteiger charge is 2.26. The van der Waals surface area contributed by atoms with Gasteiger partial charge in [-0.15, -0.1) is 0 Å². The number of hydrazone groups is 1. The second-order valence-corrected chi connectivity index (χ2v) is 6.12. The number of furan rings is 1. The second kappa shape index (κ2) is 6.31. The van der Waals surface area contributed by atoms with E-state index >= 15 is 0 Å². The number of carbonyl (C=O) groups excluding carboxylic acids is 1. The van der Waals surface area contributed by atoms with Gasteiger partial charge < -0.3 is 4.42 Å². The van der Waals surface area contributed by atoms with E-state index in [0.717, 1.165) is 5.01 Å². The van der Waals surface area contributed by atoms with Gasteiger partial charge in [0.15, 0.2) is 4.32 Å². The number of benzene rings is 1. The smallest absolute Gasteiger partial charge is 0.270 e. The summed E-state index contributed by atoms with van der Waals surface area (Å²) < 4.78 is 5.97. The summed E-state index contributed by atoms with van der Waals surface area (Å²) in [6.07, 6.45) is 1.39. The third-order valence-corrected chi connectivity index (χ3v) is 4.33. The van der Waals surface area contributed by atoms with Crippen LogP contribution in [-0.2, 0) is 4.79 Å². The molecule has 116 valence electrons. The molecule has 23 heavy (non-hydrogen) atoms. The summed E-state index contributed by atoms with van der Waals surface area (Å²) in [6, 6.07) is 9.47. The number of hydrogen-bond donors (Lipinski definition) is 0. The number of amides is 1. The van der Waals surface area contributed by atoms with Crippen molar-refractivity contribution in [2.45, 2.75) is 0 Å². The summed E-state index contributed by atoms with van der Waals surface area (Å²) in [5.41, 5.74) is 0.571. The van der Waals surface area contributed by atoms with E-state index in [-0.39, 0.29) is 17.3 Å². The van der Waals surface area contributed by atoms with Crippen molar-refractivity contribution < 1.29 is 14.1 Å². The fraction of sp³-hybridized carbons (Fsp3) is 0.0714. The van der Waals surface area contributed by atoms with Crippen LogP contribution in [0.25, 0.3) is 11.3 Å². The molecule has 7 nitrogen and oxygen atoms in total. The Bertz CT molecular complexity index is 815. The van der Waals surface area contributed by atoms with Crippen LogP contribution >= 0.6 is 24.0 Å². The third-order valence-electron chi connectivity index (χ3n) is 3.00. The Morgan fingerprint density at radius 2 is 2.22 bits per heavy atom. The highest BCUT2D eigenvalue weighted by Crippen LogP contribution is 2.25. The second-order valence-electron chi connectivity index (χ2n) is 4.51. The molecule has 9 heteroatoms. The van der Waals surface area contributed by atoms with Crippen LogP contribution in [0.4, 0.5) is 5.69 Å². The van der Waals surface area contributed by atoms with E-state index in [1.165, 1.54) is 30.1 Å². The van der Waals surface area contributed by atoms with Crippen LogP contribution in [0, 0.1) is 10.1 Å². The summed E-state index contributed by atoms with van der Waals surface area (Å²) in [6.45, 7) is 0. The van der Waals surface area contributed by atoms with E-state index in [2.05, 4.69) is 5.10 Å². The molecule has 1 amide bonds. The fourth-order valence-corrected chi connectivity index (χ4v) is 2.89. The van der Waals surface area contributed by atoms with Crippen LogP contribution in [0.1, 0.15) is 5.76 Å². The SMILES string of the molecule is O=C1CSC(=S)N1/N=C/c1ccc(-c2cccc([N+](=O)[O-])c2)o1. The van der Waals surface area contributed by atoms with Gasteiger partial charge in [0.2, 0.25) is 0 Å². The molecule has 0 unspecified atom stereocenters. The van der Waals surface area contributed by atoms with Gasteiger partial charge in [-0.3, -0.25) is 14.9 Å². The molecule has 1 fully saturated rings. The first kappa shape index (κ1) is 15.4. The van der Waals surface area contributed by atoms with Crippen molar-refractivity contribution in [3.8, 4) is 11.3 Å². The van der Waals surface area contributed by atoms with Gasteiger partial charge in [-0.05, 0) is 12.1 Å². The Balaban J connectivity index is 1.81. The average Bonchev–Trinajstić information content (AvgIpc) is 3.13. The maximum atomic E-state index is 11.5. The van der Waals surface area contributed by atoms with Gasteiger partial charge in [-0.25, -0.2) is 0 Å². The maximum Gasteiger partial charge on any atom is 0.270 e. The zero-order valence-electron chi connectivity index (χ0n) is 11.5. The van der Waals surface area contributed by atoms with Gasteiger partial charge >= 0.3 is 0 Å². The molecule has 3 rings (SSSR count). The van der Waals surface area contributed by atoms with Crippen molar-refractivity contribution in [1.82, 2.24) is 5.01 Å². The molecule has 1 aromatic heterocycles. The van der Waals surface area contributed by atoms with Crippen LogP contribution in [0.15, 0.2) is 45.9 Å². The maximum absolute atomic E-state index is 11.5. The predicted octanol–water partition coefficient (Wildman–Crippen LogP) is 3.05. The Morgan fingerprint density at radius 1 is 1.39 bits per heavy atom. The third kappa shape index (κ3) is 3.30. The molecule has 2 aromatic rings. The Morgan fingerprint density at radius 3 is 2.91 bits per heavy atom. The lowest BCUT2D eigenvalue weighted by Crippen LogP contribution is -2.22. The molecule has 1 aliphatic heterocycles. The van der Waals surface area contributed by atoms with Crippen molar-refractivity contribution in [3.05, 3.63) is 52.3 Å². The molecule has 1 aliphatic rings. The molecule has 1 saturated heterocycles. The summed E-state index contributed by atoms with van der Waals surface area (Å²) in [5.74, 6) is 0.994. The minimum absolute atomic E-state index is 0.0147. The fourth-order valence-electron chi connectivity index (χ4n) is 1.92. The highest BCUT2D eigenvalue weighted by atomic mass is 32.2. The van der Waals surface area contributed by atoms with Gasteiger partial charge in [-0.1, -0.05) is 36.1 Å². The van der Waals surface area contributed by atoms with Gasteiger partial charge in [0, 0.05) is 17.7 Å². The van der Waals surface area contributed by atoms with Crippen molar-refractivity contribution in [3.63, 3.8) is 0 Å². The molecular formula is C14H9N3O4S2. The topological polar surface area (TPSA) is 89.0 Å². The summed E-state index contributed by atoms with van der Waals surface area (Å²) in [4.78, 5) is 21.9. The Hall–Kier alpha value is -2.52. The van der Waals surface area contributed by atoms with Crippen LogP contribution < -0.4 is 0 Å². The predicted molar refractivity (Wildman–Crippen MR) is 90.3 cm³/mol. The van der Waals surface area contributed by atoms with Crippen molar-refractivity contribution in [2.24, 2.45) is 5.10 Å². The van der Waals surface area contributed by atoms with E-state index in [0.29, 0.717) is 21.4 Å². The summed E-state index contributed by atoms with van der Waals surface area (Å²) in [7, 11) is 0. The highest BCUT2D eigenvalue weighted by molar-refractivity contribution is 8.23. The summed E-state index contributed by atoms with van der Waals surface area (Å²) in [5, 5.41) is 16.0. The van der Waals surface area contributed by atoms with E-state index < -0.39 is 4.92 Å². The van der Waals surface area contributed by atoms with Gasteiger partial charge in [0.05, 0.1) is 16.9 Å². The van der Waals surface area contributed by atoms with E-state index in [4.69, 9.17) is 16.6 Å². The Kier molecular flexibility index (Phi) is 4.22. The molecule has 0 aliphatic carbocycles. The molecule has 0 radical (unpaired) electrons. The molecule has 0 N–H and O–H groups in total. The van der Waals surface area contributed by atoms with Crippen LogP contribution in [0.3, 0.4) is 0 Å². The number of carbonyl (C=O) groups is 1. The van der Waals surface area contributed by atoms with Crippen molar-refractivity contribution in [1.29, 1.82) is 0 Å². The molecule has 2 heterocycles. The normalized spacial score (nSPS) is 14.9. The molecule has 0 atom stereocenters. The number of thioether (sulfide) groups is 1. The van der Waals surface area contributed by atoms with Crippen LogP contribution in [0.2, 0.25) is 0 Å². The zero-order valence-corrected chi connectivity index (χ0v) is 13.2. The molecule has 0 saturated carbocycles. The summed E-state index contributed by atoms with van der Waals surface area (Å²) >= 11 is 6.27. The van der Waals surface area contributed by atoms with E-state index in [1.54, 1.807) is 24.3 Å². The first-order valence-corrected chi connectivity index (χ1v) is 7.82. The first-order chi connectivity index (χ1) is 11.0. The first-order valence-electron chi connectivity index (χ1n) is 6.43. The molecule has 0 spiro atoms. The van der Waals surface area contributed by atoms with Crippen molar-refractivity contribution >= 4 is 46.1 Å². The molecular weight excluding hydrogens is 338 g/mol. The molecule has 0 bridgehead atoms. The number of non-ortho nitro benzene ring substituents is 1. The minimum atomic E-state index is -0.466. The lowest BCUT2D eigenvalue weighted by atomic mass is 10.1. The number of thiocarbonyl (C=S) groups is 1. The zero-order chi connectivity index (χ0) is 16.4. The monoisotopic (exact) mass is 347 g/mol. The van der Waals surface area contributed by atoms with Crippen LogP contribution in [0.5, 0.6) is 0 Å². The number of rotatable bonds is 4. The largest absolute Gasteiger partial charge is 0.455 e. The molecule has 1 aromatic carbocycles. The van der Waals surface area contributed by atoms with Gasteiger partial charge in [-0.2, -0.15) is 10.1 Å². The lowest BCUT2D eigenvalue weighted by Gasteiger charge is -2.05. The standard InChI is InChI=1S/C14H9N3O4S2/c18-13-8-23-14(22)16(13)15-7-11-4-5-12(21-11)9-2-1-3-10(6-9)17(19)20/h1-7H,8H2/b15-7+. The Labute approximate surface area is 140 Å². The van der Waals surface area contributed by atoms with Gasteiger partial charge in [0.25, 0.3) is 11.6 Å². The average molecular weight is 347 g/mol. The number of nitro groups is 1. The quantitative estimate of drug-likeness (QED) is 0.365. The number of nitrogens with zero attached hydrogens (tertiary/aromatic N) is 3. The minimum Gasteiger partial charge on any atom is -0.455 e. The number of hydrogen-bond acceptors (Lipinski definition) is 7.